The highest BCUT2D eigenvalue weighted by atomic mass is 14.9. The quantitative estimate of drug-likeness (QED) is 0.692. The molecule has 0 aliphatic carbocycles. The van der Waals surface area contributed by atoms with Gasteiger partial charge in [0.25, 0.3) is 0 Å². The van der Waals surface area contributed by atoms with Crippen LogP contribution in [0.5, 0.6) is 0 Å². The summed E-state index contributed by atoms with van der Waals surface area (Å²) in [5.41, 5.74) is 4.53. The highest BCUT2D eigenvalue weighted by molar-refractivity contribution is 5.41. The van der Waals surface area contributed by atoms with Crippen molar-refractivity contribution in [2.75, 3.05) is 0 Å². The predicted octanol–water partition coefficient (Wildman–Crippen LogP) is 2.97. The van der Waals surface area contributed by atoms with Crippen molar-refractivity contribution >= 4 is 0 Å². The van der Waals surface area contributed by atoms with E-state index in [1.165, 1.54) is 16.7 Å². The molecule has 1 aromatic rings. The van der Waals surface area contributed by atoms with E-state index >= 15 is 0 Å². The van der Waals surface area contributed by atoms with E-state index in [0.717, 1.165) is 6.54 Å². The van der Waals surface area contributed by atoms with Crippen LogP contribution in [0.1, 0.15) is 49.4 Å². The minimum Gasteiger partial charge on any atom is -0.306 e. The smallest absolute Gasteiger partial charge is 0.0301 e. The number of hydrogen-bond donors (Lipinski definition) is 1. The average Bonchev–Trinajstić information content (AvgIpc) is 2.48. The molecule has 1 unspecified atom stereocenters. The monoisotopic (exact) mass is 175 g/mol. The molecule has 1 N–H and O–H groups in total. The molecule has 0 aromatic heterocycles. The molecule has 1 heteroatoms. The van der Waals surface area contributed by atoms with Gasteiger partial charge in [0.1, 0.15) is 0 Å². The lowest BCUT2D eigenvalue weighted by atomic mass is 9.92. The Labute approximate surface area is 80.2 Å². The van der Waals surface area contributed by atoms with E-state index in [1.807, 2.05) is 0 Å². The lowest BCUT2D eigenvalue weighted by Crippen LogP contribution is -2.08. The van der Waals surface area contributed by atoms with E-state index in [2.05, 4.69) is 44.3 Å². The van der Waals surface area contributed by atoms with E-state index in [9.17, 15) is 0 Å². The molecule has 1 atom stereocenters. The number of benzene rings is 1. The van der Waals surface area contributed by atoms with Gasteiger partial charge in [-0.05, 0) is 29.5 Å². The summed E-state index contributed by atoms with van der Waals surface area (Å²) < 4.78 is 0. The third kappa shape index (κ3) is 1.37. The number of rotatable bonds is 1. The molecule has 0 fully saturated rings. The Hall–Kier alpha value is -0.820. The molecule has 13 heavy (non-hydrogen) atoms. The normalized spacial score (nSPS) is 20.8. The Morgan fingerprint density at radius 3 is 2.85 bits per heavy atom. The van der Waals surface area contributed by atoms with E-state index in [4.69, 9.17) is 0 Å². The van der Waals surface area contributed by atoms with E-state index in [-0.39, 0.29) is 0 Å². The summed E-state index contributed by atoms with van der Waals surface area (Å²) in [5.74, 6) is 0.636. The van der Waals surface area contributed by atoms with Crippen LogP contribution in [-0.4, -0.2) is 0 Å². The molecule has 0 amide bonds. The van der Waals surface area contributed by atoms with Gasteiger partial charge in [-0.1, -0.05) is 32.0 Å². The van der Waals surface area contributed by atoms with Crippen LogP contribution in [0.3, 0.4) is 0 Å². The third-order valence-electron chi connectivity index (χ3n) is 2.88. The second kappa shape index (κ2) is 3.15. The van der Waals surface area contributed by atoms with Gasteiger partial charge in [0, 0.05) is 12.6 Å². The Morgan fingerprint density at radius 2 is 2.15 bits per heavy atom. The zero-order valence-electron chi connectivity index (χ0n) is 8.59. The molecular formula is C12H17N. The van der Waals surface area contributed by atoms with Crippen molar-refractivity contribution in [3.8, 4) is 0 Å². The van der Waals surface area contributed by atoms with Crippen molar-refractivity contribution < 1.29 is 0 Å². The SMILES string of the molecule is CC(C)c1cccc2c1C(C)NC2. The summed E-state index contributed by atoms with van der Waals surface area (Å²) in [6.07, 6.45) is 0. The van der Waals surface area contributed by atoms with E-state index in [0.29, 0.717) is 12.0 Å². The average molecular weight is 175 g/mol. The van der Waals surface area contributed by atoms with Gasteiger partial charge in [0.15, 0.2) is 0 Å². The van der Waals surface area contributed by atoms with Crippen molar-refractivity contribution in [1.29, 1.82) is 0 Å². The lowest BCUT2D eigenvalue weighted by molar-refractivity contribution is 0.626. The van der Waals surface area contributed by atoms with Crippen LogP contribution in [0.2, 0.25) is 0 Å². The van der Waals surface area contributed by atoms with Crippen LogP contribution in [-0.2, 0) is 6.54 Å². The molecule has 0 spiro atoms. The second-order valence-corrected chi connectivity index (χ2v) is 4.18. The van der Waals surface area contributed by atoms with Crippen LogP contribution < -0.4 is 5.32 Å². The molecule has 1 nitrogen and oxygen atoms in total. The van der Waals surface area contributed by atoms with Gasteiger partial charge >= 0.3 is 0 Å². The Bertz CT molecular complexity index is 315. The topological polar surface area (TPSA) is 12.0 Å². The van der Waals surface area contributed by atoms with Gasteiger partial charge < -0.3 is 5.32 Å². The van der Waals surface area contributed by atoms with Gasteiger partial charge in [0.05, 0.1) is 0 Å². The first-order valence-corrected chi connectivity index (χ1v) is 5.05. The second-order valence-electron chi connectivity index (χ2n) is 4.18. The van der Waals surface area contributed by atoms with Crippen molar-refractivity contribution in [3.05, 3.63) is 34.9 Å². The molecule has 70 valence electrons. The summed E-state index contributed by atoms with van der Waals surface area (Å²) in [4.78, 5) is 0. The maximum absolute atomic E-state index is 3.48. The Morgan fingerprint density at radius 1 is 1.38 bits per heavy atom. The van der Waals surface area contributed by atoms with Crippen LogP contribution in [0.15, 0.2) is 18.2 Å². The molecule has 1 aromatic carbocycles. The minimum atomic E-state index is 0.536. The summed E-state index contributed by atoms with van der Waals surface area (Å²) in [6.45, 7) is 7.82. The number of fused-ring (bicyclic) bond motifs is 1. The molecule has 1 aliphatic heterocycles. The van der Waals surface area contributed by atoms with Crippen LogP contribution in [0.4, 0.5) is 0 Å². The van der Waals surface area contributed by atoms with Gasteiger partial charge in [-0.2, -0.15) is 0 Å². The summed E-state index contributed by atoms with van der Waals surface area (Å²) >= 11 is 0. The van der Waals surface area contributed by atoms with Gasteiger partial charge in [0.2, 0.25) is 0 Å². The van der Waals surface area contributed by atoms with Gasteiger partial charge in [-0.3, -0.25) is 0 Å². The van der Waals surface area contributed by atoms with Crippen LogP contribution in [0.25, 0.3) is 0 Å². The molecule has 0 saturated carbocycles. The molecule has 0 saturated heterocycles. The first-order chi connectivity index (χ1) is 6.20. The predicted molar refractivity (Wildman–Crippen MR) is 55.8 cm³/mol. The first-order valence-electron chi connectivity index (χ1n) is 5.05. The van der Waals surface area contributed by atoms with Crippen LogP contribution in [0, 0.1) is 0 Å². The molecule has 0 radical (unpaired) electrons. The maximum Gasteiger partial charge on any atom is 0.0301 e. The van der Waals surface area contributed by atoms with Crippen molar-refractivity contribution in [2.45, 2.75) is 39.3 Å². The lowest BCUT2D eigenvalue weighted by Gasteiger charge is -2.14. The van der Waals surface area contributed by atoms with Gasteiger partial charge in [-0.15, -0.1) is 0 Å². The highest BCUT2D eigenvalue weighted by Gasteiger charge is 2.21. The fourth-order valence-corrected chi connectivity index (χ4v) is 2.18. The van der Waals surface area contributed by atoms with Gasteiger partial charge in [-0.25, -0.2) is 0 Å². The van der Waals surface area contributed by atoms with E-state index in [1.54, 1.807) is 0 Å². The molecule has 0 bridgehead atoms. The van der Waals surface area contributed by atoms with E-state index < -0.39 is 0 Å². The fraction of sp³-hybridized carbons (Fsp3) is 0.500. The molecule has 2 rings (SSSR count). The van der Waals surface area contributed by atoms with Crippen molar-refractivity contribution in [1.82, 2.24) is 5.32 Å². The van der Waals surface area contributed by atoms with Crippen LogP contribution >= 0.6 is 0 Å². The zero-order chi connectivity index (χ0) is 9.42. The molecule has 1 aliphatic rings. The first kappa shape index (κ1) is 8.76. The standard InChI is InChI=1S/C12H17N/c1-8(2)11-6-4-5-10-7-13-9(3)12(10)11/h4-6,8-9,13H,7H2,1-3H3. The zero-order valence-corrected chi connectivity index (χ0v) is 8.59. The Balaban J connectivity index is 2.53. The summed E-state index contributed by atoms with van der Waals surface area (Å²) in [6, 6.07) is 7.20. The fourth-order valence-electron chi connectivity index (χ4n) is 2.18. The number of hydrogen-bond acceptors (Lipinski definition) is 1. The summed E-state index contributed by atoms with van der Waals surface area (Å²) in [7, 11) is 0. The maximum atomic E-state index is 3.48. The van der Waals surface area contributed by atoms with Crippen molar-refractivity contribution in [3.63, 3.8) is 0 Å². The third-order valence-corrected chi connectivity index (χ3v) is 2.88. The highest BCUT2D eigenvalue weighted by Crippen LogP contribution is 2.32. The summed E-state index contributed by atoms with van der Waals surface area (Å²) in [5, 5.41) is 3.48. The minimum absolute atomic E-state index is 0.536. The molecular weight excluding hydrogens is 158 g/mol. The molecule has 1 heterocycles. The largest absolute Gasteiger partial charge is 0.306 e. The number of nitrogens with one attached hydrogen (secondary N) is 1. The van der Waals surface area contributed by atoms with Crippen molar-refractivity contribution in [2.24, 2.45) is 0 Å². The Kier molecular flexibility index (Phi) is 2.12.